The van der Waals surface area contributed by atoms with E-state index in [1.165, 1.54) is 16.7 Å². The Hall–Kier alpha value is -1.67. The van der Waals surface area contributed by atoms with E-state index in [0.29, 0.717) is 0 Å². The zero-order valence-electron chi connectivity index (χ0n) is 11.1. The first-order chi connectivity index (χ1) is 8.79. The van der Waals surface area contributed by atoms with Gasteiger partial charge in [-0.1, -0.05) is 31.2 Å². The fourth-order valence-corrected chi connectivity index (χ4v) is 1.99. The molecule has 1 aromatic carbocycles. The molecule has 0 atom stereocenters. The van der Waals surface area contributed by atoms with Crippen LogP contribution in [-0.2, 0) is 13.0 Å². The zero-order valence-corrected chi connectivity index (χ0v) is 11.1. The minimum Gasteiger partial charge on any atom is -0.313 e. The van der Waals surface area contributed by atoms with Crippen molar-refractivity contribution in [2.24, 2.45) is 0 Å². The second kappa shape index (κ2) is 6.31. The number of rotatable bonds is 5. The normalized spacial score (nSPS) is 10.6. The summed E-state index contributed by atoms with van der Waals surface area (Å²) in [6, 6.07) is 12.8. The van der Waals surface area contributed by atoms with E-state index in [0.717, 1.165) is 25.2 Å². The molecule has 0 radical (unpaired) electrons. The van der Waals surface area contributed by atoms with Crippen molar-refractivity contribution in [2.75, 3.05) is 6.54 Å². The summed E-state index contributed by atoms with van der Waals surface area (Å²) in [5.41, 5.74) is 5.17. The number of hydrogen-bond donors (Lipinski definition) is 1. The summed E-state index contributed by atoms with van der Waals surface area (Å²) in [5.74, 6) is 0. The van der Waals surface area contributed by atoms with Crippen LogP contribution in [0.15, 0.2) is 42.6 Å². The van der Waals surface area contributed by atoms with E-state index < -0.39 is 0 Å². The monoisotopic (exact) mass is 240 g/mol. The van der Waals surface area contributed by atoms with Crippen LogP contribution in [0.25, 0.3) is 0 Å². The van der Waals surface area contributed by atoms with Gasteiger partial charge in [0.2, 0.25) is 0 Å². The number of hydrogen-bond acceptors (Lipinski definition) is 2. The van der Waals surface area contributed by atoms with Crippen molar-refractivity contribution in [2.45, 2.75) is 26.8 Å². The van der Waals surface area contributed by atoms with Gasteiger partial charge in [-0.3, -0.25) is 4.98 Å². The van der Waals surface area contributed by atoms with Gasteiger partial charge >= 0.3 is 0 Å². The lowest BCUT2D eigenvalue weighted by molar-refractivity contribution is 0.726. The van der Waals surface area contributed by atoms with Crippen LogP contribution in [-0.4, -0.2) is 11.5 Å². The Kier molecular flexibility index (Phi) is 4.48. The van der Waals surface area contributed by atoms with Crippen molar-refractivity contribution in [3.05, 3.63) is 65.0 Å². The summed E-state index contributed by atoms with van der Waals surface area (Å²) in [7, 11) is 0. The van der Waals surface area contributed by atoms with Crippen LogP contribution in [0.1, 0.15) is 29.3 Å². The number of aryl methyl sites for hydroxylation is 1. The van der Waals surface area contributed by atoms with Gasteiger partial charge in [0, 0.05) is 24.9 Å². The Morgan fingerprint density at radius 2 is 2.06 bits per heavy atom. The van der Waals surface area contributed by atoms with Crippen molar-refractivity contribution < 1.29 is 0 Å². The lowest BCUT2D eigenvalue weighted by Gasteiger charge is -2.09. The van der Waals surface area contributed by atoms with Gasteiger partial charge in [-0.25, -0.2) is 0 Å². The third kappa shape index (κ3) is 3.41. The largest absolute Gasteiger partial charge is 0.313 e. The van der Waals surface area contributed by atoms with Gasteiger partial charge in [-0.2, -0.15) is 0 Å². The third-order valence-corrected chi connectivity index (χ3v) is 3.09. The standard InChI is InChI=1S/C16H20N2/c1-3-17-12-14-8-7-13(2)15(10-14)11-16-6-4-5-9-18-16/h4-10,17H,3,11-12H2,1-2H3. The Morgan fingerprint density at radius 3 is 2.78 bits per heavy atom. The average molecular weight is 240 g/mol. The first-order valence-electron chi connectivity index (χ1n) is 6.48. The van der Waals surface area contributed by atoms with Crippen molar-refractivity contribution >= 4 is 0 Å². The predicted molar refractivity (Wildman–Crippen MR) is 75.6 cm³/mol. The highest BCUT2D eigenvalue weighted by molar-refractivity contribution is 5.34. The van der Waals surface area contributed by atoms with Crippen molar-refractivity contribution in [3.8, 4) is 0 Å². The fourth-order valence-electron chi connectivity index (χ4n) is 1.99. The lowest BCUT2D eigenvalue weighted by atomic mass is 10.0. The molecule has 0 spiro atoms. The molecule has 1 N–H and O–H groups in total. The van der Waals surface area contributed by atoms with Crippen LogP contribution in [0.3, 0.4) is 0 Å². The summed E-state index contributed by atoms with van der Waals surface area (Å²) >= 11 is 0. The number of benzene rings is 1. The molecule has 18 heavy (non-hydrogen) atoms. The van der Waals surface area contributed by atoms with Gasteiger partial charge in [-0.05, 0) is 42.3 Å². The molecule has 2 nitrogen and oxygen atoms in total. The van der Waals surface area contributed by atoms with Gasteiger partial charge in [0.15, 0.2) is 0 Å². The number of nitrogens with zero attached hydrogens (tertiary/aromatic N) is 1. The van der Waals surface area contributed by atoms with Crippen LogP contribution >= 0.6 is 0 Å². The Morgan fingerprint density at radius 1 is 1.17 bits per heavy atom. The first-order valence-corrected chi connectivity index (χ1v) is 6.48. The molecular formula is C16H20N2. The van der Waals surface area contributed by atoms with Crippen LogP contribution in [0.2, 0.25) is 0 Å². The predicted octanol–water partition coefficient (Wildman–Crippen LogP) is 3.09. The quantitative estimate of drug-likeness (QED) is 0.868. The Balaban J connectivity index is 2.16. The minimum atomic E-state index is 0.909. The maximum Gasteiger partial charge on any atom is 0.0447 e. The highest BCUT2D eigenvalue weighted by Gasteiger charge is 2.02. The third-order valence-electron chi connectivity index (χ3n) is 3.09. The van der Waals surface area contributed by atoms with Crippen molar-refractivity contribution in [1.82, 2.24) is 10.3 Å². The van der Waals surface area contributed by atoms with Crippen LogP contribution in [0.5, 0.6) is 0 Å². The number of pyridine rings is 1. The highest BCUT2D eigenvalue weighted by Crippen LogP contribution is 2.15. The van der Waals surface area contributed by atoms with E-state index in [-0.39, 0.29) is 0 Å². The Bertz CT molecular complexity index is 492. The molecule has 0 amide bonds. The van der Waals surface area contributed by atoms with Gasteiger partial charge in [0.1, 0.15) is 0 Å². The second-order valence-electron chi connectivity index (χ2n) is 4.54. The summed E-state index contributed by atoms with van der Waals surface area (Å²) in [6.07, 6.45) is 2.76. The lowest BCUT2D eigenvalue weighted by Crippen LogP contribution is -2.12. The topological polar surface area (TPSA) is 24.9 Å². The molecular weight excluding hydrogens is 220 g/mol. The molecule has 1 heterocycles. The summed E-state index contributed by atoms with van der Waals surface area (Å²) in [5, 5.41) is 3.36. The molecule has 0 aliphatic rings. The van der Waals surface area contributed by atoms with E-state index in [9.17, 15) is 0 Å². The molecule has 0 aliphatic carbocycles. The maximum absolute atomic E-state index is 4.39. The van der Waals surface area contributed by atoms with Crippen molar-refractivity contribution in [1.29, 1.82) is 0 Å². The van der Waals surface area contributed by atoms with E-state index in [2.05, 4.69) is 48.4 Å². The maximum atomic E-state index is 4.39. The van der Waals surface area contributed by atoms with Crippen molar-refractivity contribution in [3.63, 3.8) is 0 Å². The van der Waals surface area contributed by atoms with E-state index in [1.54, 1.807) is 0 Å². The summed E-state index contributed by atoms with van der Waals surface area (Å²) in [4.78, 5) is 4.39. The van der Waals surface area contributed by atoms with Gasteiger partial charge in [0.05, 0.1) is 0 Å². The van der Waals surface area contributed by atoms with Crippen LogP contribution in [0.4, 0.5) is 0 Å². The molecule has 1 aromatic heterocycles. The molecule has 0 saturated carbocycles. The summed E-state index contributed by atoms with van der Waals surface area (Å²) < 4.78 is 0. The molecule has 0 bridgehead atoms. The second-order valence-corrected chi connectivity index (χ2v) is 4.54. The van der Waals surface area contributed by atoms with Gasteiger partial charge in [-0.15, -0.1) is 0 Å². The SMILES string of the molecule is CCNCc1ccc(C)c(Cc2ccccn2)c1. The van der Waals surface area contributed by atoms with Crippen LogP contribution in [0, 0.1) is 6.92 Å². The molecule has 2 rings (SSSR count). The number of aromatic nitrogens is 1. The fraction of sp³-hybridized carbons (Fsp3) is 0.312. The molecule has 0 unspecified atom stereocenters. The highest BCUT2D eigenvalue weighted by atomic mass is 14.8. The number of nitrogens with one attached hydrogen (secondary N) is 1. The summed E-state index contributed by atoms with van der Waals surface area (Å²) in [6.45, 7) is 6.23. The zero-order chi connectivity index (χ0) is 12.8. The van der Waals surface area contributed by atoms with E-state index in [1.807, 2.05) is 18.3 Å². The molecule has 2 heteroatoms. The first kappa shape index (κ1) is 12.8. The molecule has 94 valence electrons. The molecule has 0 aliphatic heterocycles. The molecule has 0 fully saturated rings. The average Bonchev–Trinajstić information content (AvgIpc) is 2.41. The molecule has 2 aromatic rings. The van der Waals surface area contributed by atoms with E-state index in [4.69, 9.17) is 0 Å². The minimum absolute atomic E-state index is 0.909. The van der Waals surface area contributed by atoms with Crippen LogP contribution < -0.4 is 5.32 Å². The molecule has 0 saturated heterocycles. The van der Waals surface area contributed by atoms with Gasteiger partial charge in [0.25, 0.3) is 0 Å². The van der Waals surface area contributed by atoms with Gasteiger partial charge < -0.3 is 5.32 Å². The van der Waals surface area contributed by atoms with E-state index >= 15 is 0 Å². The Labute approximate surface area is 109 Å². The smallest absolute Gasteiger partial charge is 0.0447 e.